The lowest BCUT2D eigenvalue weighted by Gasteiger charge is -2.30. The van der Waals surface area contributed by atoms with E-state index >= 15 is 0 Å². The lowest BCUT2D eigenvalue weighted by Crippen LogP contribution is -2.50. The molecule has 1 aromatic carbocycles. The molecule has 0 heterocycles. The van der Waals surface area contributed by atoms with Crippen LogP contribution < -0.4 is 10.2 Å². The number of rotatable bonds is 7. The molecule has 0 aliphatic heterocycles. The molecule has 1 aromatic rings. The number of anilines is 1. The van der Waals surface area contributed by atoms with E-state index in [4.69, 9.17) is 0 Å². The molecule has 4 heteroatoms. The zero-order chi connectivity index (χ0) is 13.6. The van der Waals surface area contributed by atoms with Gasteiger partial charge in [0.1, 0.15) is 0 Å². The maximum atomic E-state index is 9.34. The first-order valence-electron chi connectivity index (χ1n) is 6.30. The average molecular weight is 252 g/mol. The smallest absolute Gasteiger partial charge is 0.0648 e. The van der Waals surface area contributed by atoms with Crippen LogP contribution in [0.15, 0.2) is 24.3 Å². The first-order valence-corrected chi connectivity index (χ1v) is 6.30. The van der Waals surface area contributed by atoms with Crippen LogP contribution in [0.5, 0.6) is 0 Å². The van der Waals surface area contributed by atoms with E-state index in [9.17, 15) is 10.2 Å². The van der Waals surface area contributed by atoms with Gasteiger partial charge in [0.15, 0.2) is 0 Å². The van der Waals surface area contributed by atoms with Crippen LogP contribution in [0.1, 0.15) is 18.9 Å². The minimum Gasteiger partial charge on any atom is -0.394 e. The number of aliphatic hydroxyl groups excluding tert-OH is 2. The van der Waals surface area contributed by atoms with Gasteiger partial charge in [0.05, 0.1) is 18.8 Å². The maximum absolute atomic E-state index is 9.34. The minimum absolute atomic E-state index is 0.0597. The number of benzene rings is 1. The normalized spacial score (nSPS) is 11.6. The average Bonchev–Trinajstić information content (AvgIpc) is 2.41. The van der Waals surface area contributed by atoms with Crippen LogP contribution in [-0.2, 0) is 6.54 Å². The summed E-state index contributed by atoms with van der Waals surface area (Å²) in [7, 11) is 4.01. The number of hydrogen-bond donors (Lipinski definition) is 3. The molecule has 0 saturated heterocycles. The van der Waals surface area contributed by atoms with Crippen molar-refractivity contribution in [2.45, 2.75) is 25.4 Å². The second-order valence-electron chi connectivity index (χ2n) is 4.86. The Kier molecular flexibility index (Phi) is 5.59. The molecular weight excluding hydrogens is 228 g/mol. The van der Waals surface area contributed by atoms with Crippen molar-refractivity contribution in [3.63, 3.8) is 0 Å². The molecule has 0 aliphatic rings. The van der Waals surface area contributed by atoms with E-state index in [0.717, 1.165) is 11.3 Å². The molecule has 0 aliphatic carbocycles. The number of nitrogens with one attached hydrogen (secondary N) is 1. The van der Waals surface area contributed by atoms with E-state index in [2.05, 4.69) is 34.5 Å². The fourth-order valence-corrected chi connectivity index (χ4v) is 1.71. The van der Waals surface area contributed by atoms with E-state index in [-0.39, 0.29) is 13.2 Å². The van der Waals surface area contributed by atoms with Crippen molar-refractivity contribution in [2.75, 3.05) is 32.2 Å². The molecule has 4 nitrogen and oxygen atoms in total. The molecule has 102 valence electrons. The molecule has 1 rings (SSSR count). The Labute approximate surface area is 109 Å². The van der Waals surface area contributed by atoms with Crippen LogP contribution in [0.3, 0.4) is 0 Å². The standard InChI is InChI=1S/C14H24N2O2/c1-4-14(10-17,11-18)15-9-12-5-7-13(8-6-12)16(2)3/h5-8,15,17-18H,4,9-11H2,1-3H3. The van der Waals surface area contributed by atoms with E-state index in [1.54, 1.807) is 0 Å². The summed E-state index contributed by atoms with van der Waals surface area (Å²) >= 11 is 0. The Balaban J connectivity index is 2.62. The summed E-state index contributed by atoms with van der Waals surface area (Å²) in [5.41, 5.74) is 1.71. The summed E-state index contributed by atoms with van der Waals surface area (Å²) < 4.78 is 0. The van der Waals surface area contributed by atoms with E-state index in [1.807, 2.05) is 21.0 Å². The Morgan fingerprint density at radius 1 is 1.11 bits per heavy atom. The van der Waals surface area contributed by atoms with Crippen molar-refractivity contribution >= 4 is 5.69 Å². The summed E-state index contributed by atoms with van der Waals surface area (Å²) in [5.74, 6) is 0. The summed E-state index contributed by atoms with van der Waals surface area (Å²) in [6.45, 7) is 2.48. The third kappa shape index (κ3) is 3.70. The second-order valence-corrected chi connectivity index (χ2v) is 4.86. The van der Waals surface area contributed by atoms with Gasteiger partial charge in [0.25, 0.3) is 0 Å². The molecule has 3 N–H and O–H groups in total. The monoisotopic (exact) mass is 252 g/mol. The van der Waals surface area contributed by atoms with Gasteiger partial charge < -0.3 is 20.4 Å². The summed E-state index contributed by atoms with van der Waals surface area (Å²) in [6.07, 6.45) is 0.690. The molecule has 0 bridgehead atoms. The Bertz CT molecular complexity index is 337. The molecule has 0 radical (unpaired) electrons. The second kappa shape index (κ2) is 6.73. The first kappa shape index (κ1) is 15.0. The fraction of sp³-hybridized carbons (Fsp3) is 0.571. The van der Waals surface area contributed by atoms with Crippen LogP contribution in [0.4, 0.5) is 5.69 Å². The van der Waals surface area contributed by atoms with Gasteiger partial charge in [-0.3, -0.25) is 0 Å². The van der Waals surface area contributed by atoms with Crippen molar-refractivity contribution < 1.29 is 10.2 Å². The van der Waals surface area contributed by atoms with E-state index in [0.29, 0.717) is 13.0 Å². The summed E-state index contributed by atoms with van der Waals surface area (Å²) in [5, 5.41) is 21.9. The van der Waals surface area contributed by atoms with Gasteiger partial charge in [-0.05, 0) is 24.1 Å². The van der Waals surface area contributed by atoms with Gasteiger partial charge in [-0.2, -0.15) is 0 Å². The van der Waals surface area contributed by atoms with E-state index in [1.165, 1.54) is 0 Å². The Hall–Kier alpha value is -1.10. The largest absolute Gasteiger partial charge is 0.394 e. The first-order chi connectivity index (χ1) is 8.56. The highest BCUT2D eigenvalue weighted by atomic mass is 16.3. The number of nitrogens with zero attached hydrogens (tertiary/aromatic N) is 1. The highest BCUT2D eigenvalue weighted by Crippen LogP contribution is 2.14. The van der Waals surface area contributed by atoms with Crippen LogP contribution in [0.25, 0.3) is 0 Å². The zero-order valence-electron chi connectivity index (χ0n) is 11.5. The van der Waals surface area contributed by atoms with Crippen molar-refractivity contribution in [3.05, 3.63) is 29.8 Å². The third-order valence-corrected chi connectivity index (χ3v) is 3.40. The Morgan fingerprint density at radius 2 is 1.67 bits per heavy atom. The molecule has 18 heavy (non-hydrogen) atoms. The molecule has 0 fully saturated rings. The quantitative estimate of drug-likeness (QED) is 0.677. The van der Waals surface area contributed by atoms with Crippen LogP contribution >= 0.6 is 0 Å². The topological polar surface area (TPSA) is 55.7 Å². The number of hydrogen-bond acceptors (Lipinski definition) is 4. The van der Waals surface area contributed by atoms with Crippen LogP contribution in [0.2, 0.25) is 0 Å². The molecule has 0 saturated carbocycles. The van der Waals surface area contributed by atoms with Crippen molar-refractivity contribution in [3.8, 4) is 0 Å². The van der Waals surface area contributed by atoms with Crippen molar-refractivity contribution in [1.82, 2.24) is 5.32 Å². The summed E-state index contributed by atoms with van der Waals surface area (Å²) in [4.78, 5) is 2.05. The van der Waals surface area contributed by atoms with Gasteiger partial charge in [-0.25, -0.2) is 0 Å². The van der Waals surface area contributed by atoms with Crippen molar-refractivity contribution in [2.24, 2.45) is 0 Å². The molecular formula is C14H24N2O2. The Morgan fingerprint density at radius 3 is 2.06 bits per heavy atom. The third-order valence-electron chi connectivity index (χ3n) is 3.40. The van der Waals surface area contributed by atoms with Gasteiger partial charge in [-0.1, -0.05) is 19.1 Å². The van der Waals surface area contributed by atoms with Gasteiger partial charge in [-0.15, -0.1) is 0 Å². The van der Waals surface area contributed by atoms with Gasteiger partial charge in [0.2, 0.25) is 0 Å². The number of aliphatic hydroxyl groups is 2. The molecule has 0 unspecified atom stereocenters. The predicted octanol–water partition coefficient (Wildman–Crippen LogP) is 0.976. The highest BCUT2D eigenvalue weighted by Gasteiger charge is 2.25. The van der Waals surface area contributed by atoms with Gasteiger partial charge in [0, 0.05) is 26.3 Å². The lowest BCUT2D eigenvalue weighted by atomic mass is 9.98. The molecule has 0 atom stereocenters. The van der Waals surface area contributed by atoms with Crippen LogP contribution in [-0.4, -0.2) is 43.1 Å². The maximum Gasteiger partial charge on any atom is 0.0648 e. The SMILES string of the molecule is CCC(CO)(CO)NCc1ccc(N(C)C)cc1. The molecule has 0 spiro atoms. The van der Waals surface area contributed by atoms with Crippen LogP contribution in [0, 0.1) is 0 Å². The zero-order valence-corrected chi connectivity index (χ0v) is 11.5. The summed E-state index contributed by atoms with van der Waals surface area (Å²) in [6, 6.07) is 8.22. The van der Waals surface area contributed by atoms with Crippen molar-refractivity contribution in [1.29, 1.82) is 0 Å². The predicted molar refractivity (Wildman–Crippen MR) is 74.8 cm³/mol. The van der Waals surface area contributed by atoms with Gasteiger partial charge >= 0.3 is 0 Å². The highest BCUT2D eigenvalue weighted by molar-refractivity contribution is 5.45. The molecule has 0 aromatic heterocycles. The molecule has 0 amide bonds. The lowest BCUT2D eigenvalue weighted by molar-refractivity contribution is 0.0864. The van der Waals surface area contributed by atoms with E-state index < -0.39 is 5.54 Å². The fourth-order valence-electron chi connectivity index (χ4n) is 1.71. The minimum atomic E-state index is -0.583.